The molecular weight excluding hydrogens is 296 g/mol. The first-order valence-corrected chi connectivity index (χ1v) is 8.61. The number of thioether (sulfide) groups is 1. The molecule has 1 aromatic heterocycles. The standard InChI is InChI=1S/C16H20N4OS/c1-19-9-7-15(18-19)17-14-5-3-13(4-6-14)16(21)20-8-2-11-22-12-10-20/h3-7,9H,2,8,10-12H2,1H3,(H,17,18). The van der Waals surface area contributed by atoms with Crippen molar-refractivity contribution in [2.24, 2.45) is 7.05 Å². The molecule has 0 atom stereocenters. The van der Waals surface area contributed by atoms with Gasteiger partial charge in [0.1, 0.15) is 0 Å². The van der Waals surface area contributed by atoms with Gasteiger partial charge in [0.15, 0.2) is 5.82 Å². The van der Waals surface area contributed by atoms with Crippen LogP contribution in [0.2, 0.25) is 0 Å². The van der Waals surface area contributed by atoms with E-state index in [9.17, 15) is 4.79 Å². The van der Waals surface area contributed by atoms with E-state index in [-0.39, 0.29) is 5.91 Å². The molecule has 0 bridgehead atoms. The fourth-order valence-electron chi connectivity index (χ4n) is 2.46. The lowest BCUT2D eigenvalue weighted by atomic mass is 10.1. The van der Waals surface area contributed by atoms with E-state index in [2.05, 4.69) is 10.4 Å². The summed E-state index contributed by atoms with van der Waals surface area (Å²) in [7, 11) is 1.88. The van der Waals surface area contributed by atoms with E-state index in [1.54, 1.807) is 4.68 Å². The number of aromatic nitrogens is 2. The van der Waals surface area contributed by atoms with Crippen molar-refractivity contribution < 1.29 is 4.79 Å². The van der Waals surface area contributed by atoms with Crippen LogP contribution in [0.15, 0.2) is 36.5 Å². The maximum Gasteiger partial charge on any atom is 0.253 e. The molecule has 0 unspecified atom stereocenters. The van der Waals surface area contributed by atoms with Crippen LogP contribution in [0.3, 0.4) is 0 Å². The zero-order valence-electron chi connectivity index (χ0n) is 12.7. The van der Waals surface area contributed by atoms with Crippen molar-refractivity contribution in [1.82, 2.24) is 14.7 Å². The summed E-state index contributed by atoms with van der Waals surface area (Å²) in [4.78, 5) is 14.5. The molecule has 5 nitrogen and oxygen atoms in total. The lowest BCUT2D eigenvalue weighted by Gasteiger charge is -2.20. The van der Waals surface area contributed by atoms with Crippen molar-refractivity contribution in [2.45, 2.75) is 6.42 Å². The Kier molecular flexibility index (Phi) is 4.68. The number of carbonyl (C=O) groups excluding carboxylic acids is 1. The van der Waals surface area contributed by atoms with Crippen molar-refractivity contribution in [3.8, 4) is 0 Å². The van der Waals surface area contributed by atoms with Crippen LogP contribution in [0.4, 0.5) is 11.5 Å². The van der Waals surface area contributed by atoms with Crippen LogP contribution < -0.4 is 5.32 Å². The maximum absolute atomic E-state index is 12.5. The number of amides is 1. The van der Waals surface area contributed by atoms with E-state index in [1.807, 2.05) is 60.2 Å². The first kappa shape index (κ1) is 15.0. The highest BCUT2D eigenvalue weighted by molar-refractivity contribution is 7.99. The molecule has 3 rings (SSSR count). The summed E-state index contributed by atoms with van der Waals surface area (Å²) in [6.07, 6.45) is 2.97. The molecule has 2 aromatic rings. The van der Waals surface area contributed by atoms with Gasteiger partial charge < -0.3 is 10.2 Å². The number of nitrogens with one attached hydrogen (secondary N) is 1. The lowest BCUT2D eigenvalue weighted by Crippen LogP contribution is -2.32. The molecular formula is C16H20N4OS. The molecule has 1 aliphatic rings. The van der Waals surface area contributed by atoms with Gasteiger partial charge in [0, 0.05) is 49.4 Å². The largest absolute Gasteiger partial charge is 0.339 e. The first-order valence-electron chi connectivity index (χ1n) is 7.46. The zero-order valence-corrected chi connectivity index (χ0v) is 13.5. The molecule has 6 heteroatoms. The predicted molar refractivity (Wildman–Crippen MR) is 90.8 cm³/mol. The van der Waals surface area contributed by atoms with Crippen LogP contribution in [0.5, 0.6) is 0 Å². The molecule has 1 aliphatic heterocycles. The van der Waals surface area contributed by atoms with E-state index in [0.29, 0.717) is 0 Å². The molecule has 1 saturated heterocycles. The SMILES string of the molecule is Cn1ccc(Nc2ccc(C(=O)N3CCCSCC3)cc2)n1. The normalized spacial score (nSPS) is 15.4. The number of benzene rings is 1. The van der Waals surface area contributed by atoms with Gasteiger partial charge in [-0.3, -0.25) is 9.48 Å². The third kappa shape index (κ3) is 3.62. The van der Waals surface area contributed by atoms with Crippen LogP contribution in [0, 0.1) is 0 Å². The number of hydrogen-bond acceptors (Lipinski definition) is 4. The molecule has 0 aliphatic carbocycles. The number of aryl methyl sites for hydroxylation is 1. The number of hydrogen-bond donors (Lipinski definition) is 1. The Bertz CT molecular complexity index is 630. The third-order valence-electron chi connectivity index (χ3n) is 3.63. The second kappa shape index (κ2) is 6.87. The summed E-state index contributed by atoms with van der Waals surface area (Å²) in [6, 6.07) is 9.52. The van der Waals surface area contributed by atoms with Crippen molar-refractivity contribution in [3.05, 3.63) is 42.1 Å². The number of anilines is 2. The van der Waals surface area contributed by atoms with Gasteiger partial charge in [-0.1, -0.05) is 0 Å². The van der Waals surface area contributed by atoms with Crippen LogP contribution >= 0.6 is 11.8 Å². The quantitative estimate of drug-likeness (QED) is 0.946. The maximum atomic E-state index is 12.5. The van der Waals surface area contributed by atoms with Crippen molar-refractivity contribution in [1.29, 1.82) is 0 Å². The summed E-state index contributed by atoms with van der Waals surface area (Å²) < 4.78 is 1.75. The van der Waals surface area contributed by atoms with Gasteiger partial charge in [0.2, 0.25) is 0 Å². The highest BCUT2D eigenvalue weighted by Gasteiger charge is 2.17. The van der Waals surface area contributed by atoms with Gasteiger partial charge >= 0.3 is 0 Å². The Morgan fingerprint density at radius 2 is 2.00 bits per heavy atom. The Morgan fingerprint density at radius 1 is 1.18 bits per heavy atom. The second-order valence-electron chi connectivity index (χ2n) is 5.34. The molecule has 0 saturated carbocycles. The van der Waals surface area contributed by atoms with E-state index in [4.69, 9.17) is 0 Å². The first-order chi connectivity index (χ1) is 10.7. The van der Waals surface area contributed by atoms with E-state index in [0.717, 1.165) is 48.1 Å². The Balaban J connectivity index is 1.66. The second-order valence-corrected chi connectivity index (χ2v) is 6.56. The lowest BCUT2D eigenvalue weighted by molar-refractivity contribution is 0.0768. The van der Waals surface area contributed by atoms with Gasteiger partial charge in [-0.25, -0.2) is 0 Å². The Labute approximate surface area is 134 Å². The molecule has 1 fully saturated rings. The molecule has 0 radical (unpaired) electrons. The van der Waals surface area contributed by atoms with Crippen molar-refractivity contribution in [2.75, 3.05) is 29.9 Å². The Hall–Kier alpha value is -1.95. The molecule has 0 spiro atoms. The average molecular weight is 316 g/mol. The summed E-state index contributed by atoms with van der Waals surface area (Å²) in [5.41, 5.74) is 1.68. The minimum absolute atomic E-state index is 0.131. The number of carbonyl (C=O) groups is 1. The third-order valence-corrected chi connectivity index (χ3v) is 4.68. The van der Waals surface area contributed by atoms with Gasteiger partial charge in [-0.05, 0) is 36.4 Å². The van der Waals surface area contributed by atoms with Crippen molar-refractivity contribution in [3.63, 3.8) is 0 Å². The zero-order chi connectivity index (χ0) is 15.4. The molecule has 116 valence electrons. The van der Waals surface area contributed by atoms with Crippen LogP contribution in [0.25, 0.3) is 0 Å². The molecule has 1 amide bonds. The number of nitrogens with zero attached hydrogens (tertiary/aromatic N) is 3. The average Bonchev–Trinajstić information content (AvgIpc) is 2.78. The predicted octanol–water partition coefficient (Wildman–Crippen LogP) is 2.74. The monoisotopic (exact) mass is 316 g/mol. The van der Waals surface area contributed by atoms with Gasteiger partial charge in [-0.15, -0.1) is 0 Å². The van der Waals surface area contributed by atoms with E-state index >= 15 is 0 Å². The fraction of sp³-hybridized carbons (Fsp3) is 0.375. The summed E-state index contributed by atoms with van der Waals surface area (Å²) >= 11 is 1.92. The van der Waals surface area contributed by atoms with Crippen LogP contribution in [0.1, 0.15) is 16.8 Å². The van der Waals surface area contributed by atoms with Gasteiger partial charge in [0.05, 0.1) is 0 Å². The highest BCUT2D eigenvalue weighted by Crippen LogP contribution is 2.17. The summed E-state index contributed by atoms with van der Waals surface area (Å²) in [5.74, 6) is 3.11. The summed E-state index contributed by atoms with van der Waals surface area (Å²) in [6.45, 7) is 1.71. The molecule has 1 N–H and O–H groups in total. The molecule has 22 heavy (non-hydrogen) atoms. The topological polar surface area (TPSA) is 50.2 Å². The van der Waals surface area contributed by atoms with Gasteiger partial charge in [0.25, 0.3) is 5.91 Å². The number of rotatable bonds is 3. The van der Waals surface area contributed by atoms with E-state index in [1.165, 1.54) is 0 Å². The minimum atomic E-state index is 0.131. The van der Waals surface area contributed by atoms with Crippen LogP contribution in [-0.2, 0) is 7.05 Å². The van der Waals surface area contributed by atoms with E-state index < -0.39 is 0 Å². The fourth-order valence-corrected chi connectivity index (χ4v) is 3.34. The minimum Gasteiger partial charge on any atom is -0.339 e. The molecule has 1 aromatic carbocycles. The Morgan fingerprint density at radius 3 is 2.73 bits per heavy atom. The van der Waals surface area contributed by atoms with Crippen molar-refractivity contribution >= 4 is 29.2 Å². The highest BCUT2D eigenvalue weighted by atomic mass is 32.2. The smallest absolute Gasteiger partial charge is 0.253 e. The summed E-state index contributed by atoms with van der Waals surface area (Å²) in [5, 5.41) is 7.50. The molecule has 2 heterocycles. The van der Waals surface area contributed by atoms with Gasteiger partial charge in [-0.2, -0.15) is 16.9 Å². The van der Waals surface area contributed by atoms with Crippen LogP contribution in [-0.4, -0.2) is 45.2 Å².